The fraction of sp³-hybridized carbons (Fsp3) is 0.250. The van der Waals surface area contributed by atoms with Crippen LogP contribution in [0.15, 0.2) is 30.5 Å². The van der Waals surface area contributed by atoms with Crippen molar-refractivity contribution in [2.45, 2.75) is 12.6 Å². The molecule has 0 unspecified atom stereocenters. The van der Waals surface area contributed by atoms with Gasteiger partial charge in [-0.25, -0.2) is 0 Å². The minimum absolute atomic E-state index is 0.0475. The third kappa shape index (κ3) is 2.49. The van der Waals surface area contributed by atoms with Crippen molar-refractivity contribution >= 4 is 12.0 Å². The number of halogens is 3. The average Bonchev–Trinajstić information content (AvgIpc) is 2.49. The number of rotatable bonds is 0. The maximum atomic E-state index is 12.3. The van der Waals surface area contributed by atoms with Crippen LogP contribution in [0.4, 0.5) is 13.2 Å². The Morgan fingerprint density at radius 2 is 1.94 bits per heavy atom. The summed E-state index contributed by atoms with van der Waals surface area (Å²) in [6.45, 7) is 0.0475. The lowest BCUT2D eigenvalue weighted by atomic mass is 10.1. The molecule has 0 saturated carbocycles. The zero-order chi connectivity index (χ0) is 12.5. The van der Waals surface area contributed by atoms with Gasteiger partial charge >= 0.3 is 12.1 Å². The highest BCUT2D eigenvalue weighted by atomic mass is 19.4. The lowest BCUT2D eigenvalue weighted by Gasteiger charge is -2.18. The summed E-state index contributed by atoms with van der Waals surface area (Å²) in [4.78, 5) is 11.8. The highest BCUT2D eigenvalue weighted by molar-refractivity contribution is 5.83. The Balaban J connectivity index is 2.22. The lowest BCUT2D eigenvalue weighted by Crippen LogP contribution is -2.38. The molecule has 0 atom stereocenters. The van der Waals surface area contributed by atoms with Gasteiger partial charge in [0, 0.05) is 12.7 Å². The van der Waals surface area contributed by atoms with Gasteiger partial charge in [0.15, 0.2) is 0 Å². The molecule has 0 aliphatic carbocycles. The van der Waals surface area contributed by atoms with Crippen LogP contribution in [0, 0.1) is 0 Å². The van der Waals surface area contributed by atoms with Crippen LogP contribution in [0.3, 0.4) is 0 Å². The fourth-order valence-electron chi connectivity index (χ4n) is 1.74. The Morgan fingerprint density at radius 3 is 2.65 bits per heavy atom. The first-order valence-corrected chi connectivity index (χ1v) is 5.12. The molecule has 0 radical (unpaired) electrons. The van der Waals surface area contributed by atoms with E-state index in [1.54, 1.807) is 0 Å². The van der Waals surface area contributed by atoms with Crippen molar-refractivity contribution in [1.29, 1.82) is 0 Å². The van der Waals surface area contributed by atoms with Crippen molar-refractivity contribution in [2.75, 3.05) is 6.54 Å². The highest BCUT2D eigenvalue weighted by Gasteiger charge is 2.41. The number of hydrogen-bond donors (Lipinski definition) is 0. The zero-order valence-electron chi connectivity index (χ0n) is 8.87. The topological polar surface area (TPSA) is 20.3 Å². The molecule has 0 saturated heterocycles. The van der Waals surface area contributed by atoms with E-state index in [0.717, 1.165) is 11.1 Å². The molecule has 1 aliphatic heterocycles. The van der Waals surface area contributed by atoms with E-state index in [2.05, 4.69) is 0 Å². The second-order valence-electron chi connectivity index (χ2n) is 3.76. The number of fused-ring (bicyclic) bond motifs is 1. The van der Waals surface area contributed by atoms with Crippen molar-refractivity contribution in [3.63, 3.8) is 0 Å². The average molecular weight is 241 g/mol. The van der Waals surface area contributed by atoms with Gasteiger partial charge < -0.3 is 4.90 Å². The molecule has 5 heteroatoms. The minimum Gasteiger partial charge on any atom is -0.311 e. The number of hydrogen-bond acceptors (Lipinski definition) is 1. The standard InChI is InChI=1S/C12H10F3NO/c13-12(14,15)11(17)16-7-5-9-3-1-2-4-10(9)6-8-16/h1-5,7H,6,8H2. The van der Waals surface area contributed by atoms with Crippen molar-refractivity contribution in [3.8, 4) is 0 Å². The maximum absolute atomic E-state index is 12.3. The van der Waals surface area contributed by atoms with Crippen LogP contribution in [0.2, 0.25) is 0 Å². The normalized spacial score (nSPS) is 15.4. The van der Waals surface area contributed by atoms with Crippen LogP contribution >= 0.6 is 0 Å². The van der Waals surface area contributed by atoms with E-state index >= 15 is 0 Å². The Morgan fingerprint density at radius 1 is 1.24 bits per heavy atom. The number of nitrogens with zero attached hydrogens (tertiary/aromatic N) is 1. The molecule has 2 rings (SSSR count). The molecule has 2 nitrogen and oxygen atoms in total. The van der Waals surface area contributed by atoms with E-state index in [1.165, 1.54) is 12.3 Å². The van der Waals surface area contributed by atoms with Crippen LogP contribution in [0.1, 0.15) is 11.1 Å². The Bertz CT molecular complexity index is 465. The first kappa shape index (κ1) is 11.7. The van der Waals surface area contributed by atoms with Crippen LogP contribution < -0.4 is 0 Å². The lowest BCUT2D eigenvalue weighted by molar-refractivity contribution is -0.182. The molecule has 1 heterocycles. The van der Waals surface area contributed by atoms with Gasteiger partial charge in [0.1, 0.15) is 0 Å². The van der Waals surface area contributed by atoms with Gasteiger partial charge in [-0.15, -0.1) is 0 Å². The summed E-state index contributed by atoms with van der Waals surface area (Å²) < 4.78 is 36.8. The number of carbonyl (C=O) groups excluding carboxylic acids is 1. The second-order valence-corrected chi connectivity index (χ2v) is 3.76. The monoisotopic (exact) mass is 241 g/mol. The van der Waals surface area contributed by atoms with Gasteiger partial charge in [-0.05, 0) is 23.6 Å². The molecule has 1 aliphatic rings. The molecule has 0 aromatic heterocycles. The summed E-state index contributed by atoms with van der Waals surface area (Å²) in [5, 5.41) is 0. The summed E-state index contributed by atoms with van der Waals surface area (Å²) in [6, 6.07) is 7.30. The van der Waals surface area contributed by atoms with Gasteiger partial charge in [0.05, 0.1) is 0 Å². The first-order valence-electron chi connectivity index (χ1n) is 5.12. The van der Waals surface area contributed by atoms with Gasteiger partial charge in [-0.3, -0.25) is 4.79 Å². The smallest absolute Gasteiger partial charge is 0.311 e. The van der Waals surface area contributed by atoms with E-state index in [0.29, 0.717) is 11.3 Å². The van der Waals surface area contributed by atoms with Crippen LogP contribution in [-0.4, -0.2) is 23.5 Å². The summed E-state index contributed by atoms with van der Waals surface area (Å²) in [5.41, 5.74) is 1.80. The van der Waals surface area contributed by atoms with Crippen molar-refractivity contribution < 1.29 is 18.0 Å². The molecule has 1 aromatic carbocycles. The molecule has 0 spiro atoms. The first-order chi connectivity index (χ1) is 7.98. The number of alkyl halides is 3. The van der Waals surface area contributed by atoms with Gasteiger partial charge in [0.2, 0.25) is 0 Å². The number of carbonyl (C=O) groups is 1. The predicted molar refractivity (Wildman–Crippen MR) is 56.9 cm³/mol. The molecule has 0 fully saturated rings. The van der Waals surface area contributed by atoms with Crippen LogP contribution in [-0.2, 0) is 11.2 Å². The van der Waals surface area contributed by atoms with Crippen molar-refractivity contribution in [3.05, 3.63) is 41.6 Å². The van der Waals surface area contributed by atoms with E-state index in [9.17, 15) is 18.0 Å². The van der Waals surface area contributed by atoms with E-state index in [-0.39, 0.29) is 6.54 Å². The van der Waals surface area contributed by atoms with E-state index < -0.39 is 12.1 Å². The Kier molecular flexibility index (Phi) is 2.92. The quantitative estimate of drug-likeness (QED) is 0.683. The molecule has 17 heavy (non-hydrogen) atoms. The predicted octanol–water partition coefficient (Wildman–Crippen LogP) is 2.60. The third-order valence-corrected chi connectivity index (χ3v) is 2.61. The molecular formula is C12H10F3NO. The third-order valence-electron chi connectivity index (χ3n) is 2.61. The maximum Gasteiger partial charge on any atom is 0.471 e. The van der Waals surface area contributed by atoms with Crippen LogP contribution in [0.5, 0.6) is 0 Å². The largest absolute Gasteiger partial charge is 0.471 e. The summed E-state index contributed by atoms with van der Waals surface area (Å²) in [5.74, 6) is -1.82. The SMILES string of the molecule is O=C(N1C=Cc2ccccc2CC1)C(F)(F)F. The van der Waals surface area contributed by atoms with Gasteiger partial charge in [0.25, 0.3) is 0 Å². The second kappa shape index (κ2) is 4.24. The van der Waals surface area contributed by atoms with Gasteiger partial charge in [-0.1, -0.05) is 24.3 Å². The minimum atomic E-state index is -4.82. The molecule has 0 bridgehead atoms. The molecular weight excluding hydrogens is 231 g/mol. The summed E-state index contributed by atoms with van der Waals surface area (Å²) >= 11 is 0. The van der Waals surface area contributed by atoms with Crippen molar-refractivity contribution in [1.82, 2.24) is 4.90 Å². The Labute approximate surface area is 96.3 Å². The van der Waals surface area contributed by atoms with Crippen LogP contribution in [0.25, 0.3) is 6.08 Å². The number of amides is 1. The summed E-state index contributed by atoms with van der Waals surface area (Å²) in [6.07, 6.45) is -1.67. The molecule has 1 amide bonds. The molecule has 90 valence electrons. The molecule has 0 N–H and O–H groups in total. The van der Waals surface area contributed by atoms with Gasteiger partial charge in [-0.2, -0.15) is 13.2 Å². The van der Waals surface area contributed by atoms with E-state index in [1.807, 2.05) is 24.3 Å². The van der Waals surface area contributed by atoms with Crippen molar-refractivity contribution in [2.24, 2.45) is 0 Å². The zero-order valence-corrected chi connectivity index (χ0v) is 8.87. The summed E-state index contributed by atoms with van der Waals surface area (Å²) in [7, 11) is 0. The Hall–Kier alpha value is -1.78. The highest BCUT2D eigenvalue weighted by Crippen LogP contribution is 2.22. The molecule has 1 aromatic rings. The number of benzene rings is 1. The van der Waals surface area contributed by atoms with E-state index in [4.69, 9.17) is 0 Å². The fourth-order valence-corrected chi connectivity index (χ4v) is 1.74.